The third-order valence-electron chi connectivity index (χ3n) is 9.50. The summed E-state index contributed by atoms with van der Waals surface area (Å²) in [6.45, 7) is 11.7. The van der Waals surface area contributed by atoms with Crippen molar-refractivity contribution < 1.29 is 75.0 Å². The second-order valence-electron chi connectivity index (χ2n) is 16.3. The Kier molecular flexibility index (Phi) is 29.7. The summed E-state index contributed by atoms with van der Waals surface area (Å²) >= 11 is 0. The van der Waals surface area contributed by atoms with Gasteiger partial charge in [-0.05, 0) is 30.9 Å². The normalized spacial score (nSPS) is 12.8. The molecular formula is C43H72N8O16S. The van der Waals surface area contributed by atoms with Gasteiger partial charge in [-0.15, -0.1) is 0 Å². The molecule has 25 heteroatoms. The molecule has 0 unspecified atom stereocenters. The van der Waals surface area contributed by atoms with Gasteiger partial charge < -0.3 is 67.1 Å². The highest BCUT2D eigenvalue weighted by molar-refractivity contribution is 7.85. The molecule has 0 spiro atoms. The van der Waals surface area contributed by atoms with Gasteiger partial charge in [-0.2, -0.15) is 8.42 Å². The van der Waals surface area contributed by atoms with Crippen LogP contribution < -0.4 is 43.4 Å². The minimum atomic E-state index is -4.85. The number of hydrogen-bond acceptors (Lipinski definition) is 16. The van der Waals surface area contributed by atoms with Crippen molar-refractivity contribution in [2.24, 2.45) is 29.2 Å². The molecule has 0 aliphatic heterocycles. The fraction of sp³-hybridized carbons (Fsp3) is 0.674. The van der Waals surface area contributed by atoms with Crippen molar-refractivity contribution in [1.29, 1.82) is 0 Å². The zero-order valence-electron chi connectivity index (χ0n) is 39.9. The summed E-state index contributed by atoms with van der Waals surface area (Å²) in [6.07, 6.45) is 0.0860. The van der Waals surface area contributed by atoms with Gasteiger partial charge in [0.2, 0.25) is 23.6 Å². The van der Waals surface area contributed by atoms with Gasteiger partial charge >= 0.3 is 12.0 Å². The average Bonchev–Trinajstić information content (AvgIpc) is 3.26. The summed E-state index contributed by atoms with van der Waals surface area (Å²) in [4.78, 5) is 102. The van der Waals surface area contributed by atoms with Gasteiger partial charge in [-0.3, -0.25) is 38.1 Å². The van der Waals surface area contributed by atoms with Crippen molar-refractivity contribution in [2.45, 2.75) is 92.0 Å². The number of esters is 1. The number of amides is 7. The highest BCUT2D eigenvalue weighted by Crippen LogP contribution is 2.19. The molecule has 11 N–H and O–H groups in total. The summed E-state index contributed by atoms with van der Waals surface area (Å²) in [7, 11) is -4.85. The molecule has 3 atom stereocenters. The molecule has 0 aromatic heterocycles. The van der Waals surface area contributed by atoms with Gasteiger partial charge in [0.05, 0.1) is 58.8 Å². The van der Waals surface area contributed by atoms with Gasteiger partial charge in [0.25, 0.3) is 16.0 Å². The number of ether oxygens (including phenoxy) is 5. The fourth-order valence-corrected chi connectivity index (χ4v) is 6.36. The van der Waals surface area contributed by atoms with Gasteiger partial charge in [-0.25, -0.2) is 4.79 Å². The number of urea groups is 1. The molecule has 1 aromatic carbocycles. The SMILES string of the molecule is CC(C)C(=O)CCOCCOCCOCCOCCC(=O)N[C@@H](CS(=O)(=O)O)C(=O)N[C@H](C(=O)N[C@@H](CCCNC(N)=O)C(=O)Nc1ccc(COC(=O)C(C)C)c(C(=O)NCCN)c1)C(C)C. The molecule has 0 aliphatic carbocycles. The molecular weight excluding hydrogens is 917 g/mol. The number of carbonyl (C=O) groups is 8. The van der Waals surface area contributed by atoms with Crippen LogP contribution in [-0.4, -0.2) is 157 Å². The second-order valence-corrected chi connectivity index (χ2v) is 17.8. The van der Waals surface area contributed by atoms with E-state index in [-0.39, 0.29) is 101 Å². The van der Waals surface area contributed by atoms with Crippen LogP contribution in [0.25, 0.3) is 0 Å². The largest absolute Gasteiger partial charge is 0.461 e. The molecule has 386 valence electrons. The molecule has 24 nitrogen and oxygen atoms in total. The molecule has 1 aromatic rings. The zero-order chi connectivity index (χ0) is 51.2. The Bertz CT molecular complexity index is 1900. The molecule has 0 fully saturated rings. The molecule has 68 heavy (non-hydrogen) atoms. The molecule has 0 aliphatic rings. The Morgan fingerprint density at radius 1 is 0.691 bits per heavy atom. The van der Waals surface area contributed by atoms with Crippen molar-refractivity contribution in [2.75, 3.05) is 83.6 Å². The first kappa shape index (κ1) is 60.7. The smallest absolute Gasteiger partial charge is 0.312 e. The van der Waals surface area contributed by atoms with E-state index in [2.05, 4.69) is 31.9 Å². The Hall–Kier alpha value is -5.31. The molecule has 0 saturated heterocycles. The summed E-state index contributed by atoms with van der Waals surface area (Å²) in [5.74, 6) is -6.93. The molecule has 0 bridgehead atoms. The Balaban J connectivity index is 2.96. The lowest BCUT2D eigenvalue weighted by atomic mass is 10.0. The number of hydrogen-bond donors (Lipinski definition) is 9. The zero-order valence-corrected chi connectivity index (χ0v) is 40.7. The van der Waals surface area contributed by atoms with Gasteiger partial charge in [0, 0.05) is 55.2 Å². The standard InChI is InChI=1S/C43H72N8O16S/c1-27(2)35(52)11-16-63-18-20-65-22-23-66-21-19-64-17-12-36(53)49-34(26-68(60,61)62)40(56)51-37(28(3)4)41(57)50-33(8-7-14-47-43(45)59)39(55)48-31-10-9-30(25-67-42(58)29(5)6)32(24-31)38(54)46-15-13-44/h9-10,24,27-29,33-34,37H,7-8,11-23,25-26,44H2,1-6H3,(H,46,54)(H,48,55)(H,49,53)(H,50,57)(H,51,56)(H3,45,47,59)(H,60,61,62)/t33-,34-,37-/m0/s1. The van der Waals surface area contributed by atoms with Crippen LogP contribution in [-0.2, 0) is 69.2 Å². The van der Waals surface area contributed by atoms with Gasteiger partial charge in [0.15, 0.2) is 0 Å². The number of primary amides is 1. The number of benzene rings is 1. The summed E-state index contributed by atoms with van der Waals surface area (Å²) in [6, 6.07) is -1.15. The number of carbonyl (C=O) groups excluding carboxylic acids is 8. The van der Waals surface area contributed by atoms with Crippen molar-refractivity contribution in [3.05, 3.63) is 29.3 Å². The monoisotopic (exact) mass is 988 g/mol. The van der Waals surface area contributed by atoms with Crippen molar-refractivity contribution in [1.82, 2.24) is 26.6 Å². The number of Topliss-reactive ketones (excluding diaryl/α,β-unsaturated/α-hetero) is 1. The minimum Gasteiger partial charge on any atom is -0.461 e. The van der Waals surface area contributed by atoms with E-state index in [1.54, 1.807) is 27.7 Å². The van der Waals surface area contributed by atoms with Crippen molar-refractivity contribution in [3.8, 4) is 0 Å². The molecule has 0 heterocycles. The Morgan fingerprint density at radius 2 is 1.28 bits per heavy atom. The molecule has 1 rings (SSSR count). The van der Waals surface area contributed by atoms with Crippen LogP contribution in [0.5, 0.6) is 0 Å². The maximum absolute atomic E-state index is 13.8. The lowest BCUT2D eigenvalue weighted by Crippen LogP contribution is -2.59. The summed E-state index contributed by atoms with van der Waals surface area (Å²) in [5.41, 5.74) is 11.2. The number of nitrogens with one attached hydrogen (secondary N) is 6. The lowest BCUT2D eigenvalue weighted by Gasteiger charge is -2.27. The average molecular weight is 989 g/mol. The highest BCUT2D eigenvalue weighted by Gasteiger charge is 2.33. The predicted molar refractivity (Wildman–Crippen MR) is 247 cm³/mol. The minimum absolute atomic E-state index is 0.0159. The highest BCUT2D eigenvalue weighted by atomic mass is 32.2. The van der Waals surface area contributed by atoms with E-state index >= 15 is 0 Å². The van der Waals surface area contributed by atoms with Crippen LogP contribution in [0, 0.1) is 17.8 Å². The second kappa shape index (κ2) is 33.2. The van der Waals surface area contributed by atoms with Crippen LogP contribution in [0.2, 0.25) is 0 Å². The number of anilines is 1. The predicted octanol–water partition coefficient (Wildman–Crippen LogP) is -0.469. The fourth-order valence-electron chi connectivity index (χ4n) is 5.70. The van der Waals surface area contributed by atoms with E-state index in [4.69, 9.17) is 35.2 Å². The number of rotatable bonds is 36. The Morgan fingerprint density at radius 3 is 1.81 bits per heavy atom. The first-order valence-electron chi connectivity index (χ1n) is 22.4. The van der Waals surface area contributed by atoms with E-state index in [9.17, 15) is 51.3 Å². The summed E-state index contributed by atoms with van der Waals surface area (Å²) in [5, 5.41) is 14.9. The van der Waals surface area contributed by atoms with E-state index < -0.39 is 87.4 Å². The maximum atomic E-state index is 13.8. The summed E-state index contributed by atoms with van der Waals surface area (Å²) < 4.78 is 60.3. The number of ketones is 1. The Labute approximate surface area is 397 Å². The molecule has 0 radical (unpaired) electrons. The third kappa shape index (κ3) is 26.9. The maximum Gasteiger partial charge on any atom is 0.312 e. The molecule has 7 amide bonds. The van der Waals surface area contributed by atoms with Gasteiger partial charge in [0.1, 0.15) is 36.3 Å². The van der Waals surface area contributed by atoms with E-state index in [1.807, 2.05) is 13.8 Å². The van der Waals surface area contributed by atoms with Crippen LogP contribution in [0.1, 0.15) is 83.1 Å². The third-order valence-corrected chi connectivity index (χ3v) is 10.3. The van der Waals surface area contributed by atoms with Crippen molar-refractivity contribution in [3.63, 3.8) is 0 Å². The van der Waals surface area contributed by atoms with Crippen LogP contribution in [0.15, 0.2) is 18.2 Å². The van der Waals surface area contributed by atoms with Gasteiger partial charge in [-0.1, -0.05) is 47.6 Å². The quantitative estimate of drug-likeness (QED) is 0.0233. The topological polar surface area (TPSA) is 361 Å². The van der Waals surface area contributed by atoms with E-state index in [1.165, 1.54) is 18.2 Å². The van der Waals surface area contributed by atoms with E-state index in [0.29, 0.717) is 31.8 Å². The van der Waals surface area contributed by atoms with Crippen LogP contribution in [0.4, 0.5) is 10.5 Å². The number of nitrogens with two attached hydrogens (primary N) is 2. The van der Waals surface area contributed by atoms with Crippen molar-refractivity contribution >= 4 is 63.1 Å². The van der Waals surface area contributed by atoms with E-state index in [0.717, 1.165) is 0 Å². The first-order chi connectivity index (χ1) is 32.1. The lowest BCUT2D eigenvalue weighted by molar-refractivity contribution is -0.148. The molecule has 0 saturated carbocycles. The first-order valence-corrected chi connectivity index (χ1v) is 24.0. The van der Waals surface area contributed by atoms with Crippen LogP contribution >= 0.6 is 0 Å². The van der Waals surface area contributed by atoms with Crippen LogP contribution in [0.3, 0.4) is 0 Å².